The van der Waals surface area contributed by atoms with Crippen molar-refractivity contribution >= 4 is 77.9 Å². The molecule has 0 bridgehead atoms. The monoisotopic (exact) mass is 667 g/mol. The Bertz CT molecular complexity index is 2860. The Morgan fingerprint density at radius 3 is 1.48 bits per heavy atom. The van der Waals surface area contributed by atoms with E-state index in [2.05, 4.69) is 202 Å². The van der Waals surface area contributed by atoms with Gasteiger partial charge >= 0.3 is 0 Å². The van der Waals surface area contributed by atoms with Crippen LogP contribution >= 0.6 is 0 Å². The molecular weight excluding hydrogens is 635 g/mol. The summed E-state index contributed by atoms with van der Waals surface area (Å²) in [4.78, 5) is 4.68. The van der Waals surface area contributed by atoms with Crippen molar-refractivity contribution < 1.29 is 4.42 Å². The maximum atomic E-state index is 6.20. The number of anilines is 6. The molecule has 0 unspecified atom stereocenters. The number of nitrogens with zero attached hydrogens (tertiary/aromatic N) is 3. The van der Waals surface area contributed by atoms with Crippen LogP contribution < -0.4 is 9.80 Å². The number of hydrogen-bond acceptors (Lipinski definition) is 3. The van der Waals surface area contributed by atoms with Gasteiger partial charge < -0.3 is 18.8 Å². The summed E-state index contributed by atoms with van der Waals surface area (Å²) in [5.74, 6) is 0. The van der Waals surface area contributed by atoms with Gasteiger partial charge in [-0.3, -0.25) is 0 Å². The van der Waals surface area contributed by atoms with Crippen LogP contribution in [0.1, 0.15) is 0 Å². The van der Waals surface area contributed by atoms with Crippen LogP contribution in [0.3, 0.4) is 0 Å². The number of hydrogen-bond donors (Lipinski definition) is 0. The van der Waals surface area contributed by atoms with E-state index < -0.39 is 0 Å². The molecule has 0 atom stereocenters. The van der Waals surface area contributed by atoms with Crippen molar-refractivity contribution in [2.75, 3.05) is 9.80 Å². The fourth-order valence-electron chi connectivity index (χ4n) is 7.63. The Morgan fingerprint density at radius 2 is 0.788 bits per heavy atom. The summed E-state index contributed by atoms with van der Waals surface area (Å²) in [6.07, 6.45) is 0. The molecule has 4 nitrogen and oxygen atoms in total. The first kappa shape index (κ1) is 29.8. The molecule has 0 saturated carbocycles. The zero-order chi connectivity index (χ0) is 34.4. The van der Waals surface area contributed by atoms with Crippen molar-refractivity contribution in [1.29, 1.82) is 0 Å². The molecule has 0 aliphatic heterocycles. The highest BCUT2D eigenvalue weighted by Crippen LogP contribution is 2.43. The highest BCUT2D eigenvalue weighted by Gasteiger charge is 2.20. The molecule has 10 aromatic rings. The normalized spacial score (nSPS) is 11.5. The molecule has 10 rings (SSSR count). The summed E-state index contributed by atoms with van der Waals surface area (Å²) in [5, 5.41) is 4.64. The predicted octanol–water partition coefficient (Wildman–Crippen LogP) is 13.6. The Hall–Kier alpha value is -7.04. The molecule has 0 saturated heterocycles. The molecule has 0 spiro atoms. The molecule has 2 aromatic heterocycles. The molecule has 0 aliphatic rings. The van der Waals surface area contributed by atoms with Crippen molar-refractivity contribution in [2.24, 2.45) is 0 Å². The first-order valence-corrected chi connectivity index (χ1v) is 17.6. The Kier molecular flexibility index (Phi) is 7.10. The van der Waals surface area contributed by atoms with Crippen molar-refractivity contribution in [1.82, 2.24) is 4.57 Å². The van der Waals surface area contributed by atoms with Crippen LogP contribution in [-0.2, 0) is 0 Å². The molecule has 0 radical (unpaired) electrons. The maximum absolute atomic E-state index is 6.20. The number of furan rings is 1. The molecule has 8 aromatic carbocycles. The van der Waals surface area contributed by atoms with E-state index in [4.69, 9.17) is 4.42 Å². The van der Waals surface area contributed by atoms with E-state index in [9.17, 15) is 0 Å². The van der Waals surface area contributed by atoms with E-state index in [0.717, 1.165) is 61.8 Å². The second-order valence-electron chi connectivity index (χ2n) is 13.0. The van der Waals surface area contributed by atoms with Gasteiger partial charge in [-0.15, -0.1) is 0 Å². The van der Waals surface area contributed by atoms with Crippen LogP contribution in [0.15, 0.2) is 205 Å². The standard InChI is InChI=1S/C48H33N3O/c1-4-15-34(16-5-1)49(39-27-29-46-43(32-39)41-23-10-12-25-45(41)51(46)36-19-8-3-9-20-36)37-21-14-22-38(31-37)50(35-17-6-2-7-18-35)40-28-30-48-44(33-40)42-24-11-13-26-47(42)52-48/h1-33H. The maximum Gasteiger partial charge on any atom is 0.135 e. The fourth-order valence-corrected chi connectivity index (χ4v) is 7.63. The van der Waals surface area contributed by atoms with Crippen LogP contribution in [0.2, 0.25) is 0 Å². The first-order chi connectivity index (χ1) is 25.8. The minimum atomic E-state index is 0.881. The minimum Gasteiger partial charge on any atom is -0.456 e. The van der Waals surface area contributed by atoms with Gasteiger partial charge in [-0.25, -0.2) is 0 Å². The summed E-state index contributed by atoms with van der Waals surface area (Å²) in [6, 6.07) is 70.9. The van der Waals surface area contributed by atoms with Gasteiger partial charge in [-0.1, -0.05) is 97.1 Å². The zero-order valence-electron chi connectivity index (χ0n) is 28.3. The van der Waals surface area contributed by atoms with Crippen LogP contribution in [-0.4, -0.2) is 4.57 Å². The quantitative estimate of drug-likeness (QED) is 0.169. The van der Waals surface area contributed by atoms with Gasteiger partial charge in [-0.05, 0) is 103 Å². The van der Waals surface area contributed by atoms with E-state index >= 15 is 0 Å². The lowest BCUT2D eigenvalue weighted by Crippen LogP contribution is -2.13. The van der Waals surface area contributed by atoms with Crippen molar-refractivity contribution in [3.8, 4) is 5.69 Å². The number of aromatic nitrogens is 1. The van der Waals surface area contributed by atoms with Crippen LogP contribution in [0, 0.1) is 0 Å². The molecular formula is C48H33N3O. The molecule has 4 heteroatoms. The highest BCUT2D eigenvalue weighted by atomic mass is 16.3. The molecule has 0 N–H and O–H groups in total. The number of fused-ring (bicyclic) bond motifs is 6. The molecule has 52 heavy (non-hydrogen) atoms. The molecule has 2 heterocycles. The molecule has 0 fully saturated rings. The lowest BCUT2D eigenvalue weighted by molar-refractivity contribution is 0.669. The Morgan fingerprint density at radius 1 is 0.308 bits per heavy atom. The van der Waals surface area contributed by atoms with Crippen LogP contribution in [0.25, 0.3) is 49.4 Å². The summed E-state index contributed by atoms with van der Waals surface area (Å²) in [5.41, 5.74) is 11.7. The minimum absolute atomic E-state index is 0.881. The van der Waals surface area contributed by atoms with Gasteiger partial charge in [0.1, 0.15) is 11.2 Å². The number of para-hydroxylation sites is 5. The SMILES string of the molecule is c1ccc(N(c2cccc(N(c3ccccc3)c3ccc4c(c3)c3ccccc3n4-c3ccccc3)c2)c2ccc3oc4ccccc4c3c2)cc1. The summed E-state index contributed by atoms with van der Waals surface area (Å²) in [6.45, 7) is 0. The van der Waals surface area contributed by atoms with Gasteiger partial charge in [0.25, 0.3) is 0 Å². The van der Waals surface area contributed by atoms with Gasteiger partial charge in [0.15, 0.2) is 0 Å². The summed E-state index contributed by atoms with van der Waals surface area (Å²) >= 11 is 0. The van der Waals surface area contributed by atoms with Gasteiger partial charge in [0.05, 0.1) is 11.0 Å². The zero-order valence-corrected chi connectivity index (χ0v) is 28.3. The van der Waals surface area contributed by atoms with Gasteiger partial charge in [-0.2, -0.15) is 0 Å². The topological polar surface area (TPSA) is 24.6 Å². The average molecular weight is 668 g/mol. The summed E-state index contributed by atoms with van der Waals surface area (Å²) in [7, 11) is 0. The second-order valence-corrected chi connectivity index (χ2v) is 13.0. The van der Waals surface area contributed by atoms with Crippen LogP contribution in [0.5, 0.6) is 0 Å². The predicted molar refractivity (Wildman–Crippen MR) is 217 cm³/mol. The number of benzene rings is 8. The Balaban J connectivity index is 1.15. The highest BCUT2D eigenvalue weighted by molar-refractivity contribution is 6.11. The first-order valence-electron chi connectivity index (χ1n) is 17.6. The number of rotatable bonds is 7. The molecule has 246 valence electrons. The fraction of sp³-hybridized carbons (Fsp3) is 0. The van der Waals surface area contributed by atoms with Crippen LogP contribution in [0.4, 0.5) is 34.1 Å². The van der Waals surface area contributed by atoms with E-state index in [0.29, 0.717) is 0 Å². The summed E-state index contributed by atoms with van der Waals surface area (Å²) < 4.78 is 8.57. The van der Waals surface area contributed by atoms with E-state index in [1.807, 2.05) is 12.1 Å². The van der Waals surface area contributed by atoms with Crippen molar-refractivity contribution in [3.63, 3.8) is 0 Å². The van der Waals surface area contributed by atoms with E-state index in [1.54, 1.807) is 0 Å². The third-order valence-corrected chi connectivity index (χ3v) is 9.92. The van der Waals surface area contributed by atoms with Crippen molar-refractivity contribution in [3.05, 3.63) is 200 Å². The van der Waals surface area contributed by atoms with Gasteiger partial charge in [0.2, 0.25) is 0 Å². The van der Waals surface area contributed by atoms with E-state index in [-0.39, 0.29) is 0 Å². The van der Waals surface area contributed by atoms with E-state index in [1.165, 1.54) is 21.8 Å². The smallest absolute Gasteiger partial charge is 0.135 e. The molecule has 0 aliphatic carbocycles. The average Bonchev–Trinajstić information content (AvgIpc) is 3.75. The lowest BCUT2D eigenvalue weighted by Gasteiger charge is -2.29. The molecule has 0 amide bonds. The third-order valence-electron chi connectivity index (χ3n) is 9.92. The van der Waals surface area contributed by atoms with Gasteiger partial charge in [0, 0.05) is 61.4 Å². The Labute approximate surface area is 301 Å². The lowest BCUT2D eigenvalue weighted by atomic mass is 10.1. The third kappa shape index (κ3) is 5.00. The largest absolute Gasteiger partial charge is 0.456 e. The van der Waals surface area contributed by atoms with Crippen molar-refractivity contribution in [2.45, 2.75) is 0 Å². The second kappa shape index (κ2) is 12.4.